The molecule has 0 atom stereocenters. The number of esters is 1. The van der Waals surface area contributed by atoms with Gasteiger partial charge < -0.3 is 9.64 Å². The molecule has 0 spiro atoms. The summed E-state index contributed by atoms with van der Waals surface area (Å²) in [5.74, 6) is -0.803. The molecule has 1 aromatic carbocycles. The Kier molecular flexibility index (Phi) is 5.46. The highest BCUT2D eigenvalue weighted by Gasteiger charge is 2.27. The molecule has 1 fully saturated rings. The van der Waals surface area contributed by atoms with Crippen molar-refractivity contribution < 1.29 is 22.7 Å². The smallest absolute Gasteiger partial charge is 0.348 e. The lowest BCUT2D eigenvalue weighted by molar-refractivity contribution is -0.135. The lowest BCUT2D eigenvalue weighted by atomic mass is 9.91. The number of rotatable bonds is 4. The average molecular weight is 435 g/mol. The van der Waals surface area contributed by atoms with Crippen molar-refractivity contribution in [3.05, 3.63) is 46.3 Å². The van der Waals surface area contributed by atoms with Crippen LogP contribution >= 0.6 is 11.3 Å². The zero-order valence-corrected chi connectivity index (χ0v) is 17.7. The summed E-state index contributed by atoms with van der Waals surface area (Å²) in [6.07, 6.45) is 3.00. The Morgan fingerprint density at radius 2 is 1.76 bits per heavy atom. The van der Waals surface area contributed by atoms with E-state index in [2.05, 4.69) is 12.1 Å². The molecule has 0 saturated carbocycles. The van der Waals surface area contributed by atoms with E-state index in [0.29, 0.717) is 18.0 Å². The van der Waals surface area contributed by atoms with Crippen molar-refractivity contribution >= 4 is 33.2 Å². The molecule has 0 bridgehead atoms. The third kappa shape index (κ3) is 4.22. The number of piperazine rings is 1. The second-order valence-electron chi connectivity index (χ2n) is 7.24. The van der Waals surface area contributed by atoms with Crippen LogP contribution in [0.25, 0.3) is 10.4 Å². The predicted octanol–water partition coefficient (Wildman–Crippen LogP) is 1.77. The Balaban J connectivity index is 1.36. The summed E-state index contributed by atoms with van der Waals surface area (Å²) >= 11 is 1.40. The molecule has 7 nitrogen and oxygen atoms in total. The van der Waals surface area contributed by atoms with E-state index < -0.39 is 16.0 Å². The number of carbonyl (C=O) groups is 2. The Hall–Kier alpha value is -2.23. The summed E-state index contributed by atoms with van der Waals surface area (Å²) in [5, 5.41) is 0. The Bertz CT molecular complexity index is 1050. The van der Waals surface area contributed by atoms with Gasteiger partial charge >= 0.3 is 5.97 Å². The molecule has 9 heteroatoms. The first-order valence-electron chi connectivity index (χ1n) is 9.44. The van der Waals surface area contributed by atoms with Gasteiger partial charge in [-0.3, -0.25) is 4.79 Å². The number of fused-ring (bicyclic) bond motifs is 3. The van der Waals surface area contributed by atoms with Crippen molar-refractivity contribution in [2.45, 2.75) is 12.8 Å². The van der Waals surface area contributed by atoms with Crippen LogP contribution < -0.4 is 0 Å². The van der Waals surface area contributed by atoms with Gasteiger partial charge in [0.25, 0.3) is 5.91 Å². The van der Waals surface area contributed by atoms with Crippen molar-refractivity contribution in [1.82, 2.24) is 9.21 Å². The van der Waals surface area contributed by atoms with Crippen LogP contribution in [0.5, 0.6) is 0 Å². The number of thiophene rings is 1. The predicted molar refractivity (Wildman–Crippen MR) is 110 cm³/mol. The summed E-state index contributed by atoms with van der Waals surface area (Å²) in [7, 11) is -3.25. The van der Waals surface area contributed by atoms with Crippen LogP contribution in [0.2, 0.25) is 0 Å². The minimum Gasteiger partial charge on any atom is -0.451 e. The molecule has 29 heavy (non-hydrogen) atoms. The average Bonchev–Trinajstić information content (AvgIpc) is 3.16. The third-order valence-electron chi connectivity index (χ3n) is 5.32. The number of aryl methyl sites for hydroxylation is 2. The molecular weight excluding hydrogens is 412 g/mol. The SMILES string of the molecule is CS(=O)(=O)N1CCN(C(=O)COC(=O)c2cc3c(s2)-c2ccccc2CC3)CC1. The van der Waals surface area contributed by atoms with Crippen LogP contribution in [0.3, 0.4) is 0 Å². The van der Waals surface area contributed by atoms with E-state index in [9.17, 15) is 18.0 Å². The van der Waals surface area contributed by atoms with Crippen LogP contribution in [-0.4, -0.2) is 68.5 Å². The molecule has 2 aliphatic rings. The van der Waals surface area contributed by atoms with Gasteiger partial charge in [-0.25, -0.2) is 13.2 Å². The normalized spacial score (nSPS) is 16.8. The number of ether oxygens (including phenoxy) is 1. The van der Waals surface area contributed by atoms with Gasteiger partial charge in [0.05, 0.1) is 6.26 Å². The Morgan fingerprint density at radius 3 is 2.48 bits per heavy atom. The second-order valence-corrected chi connectivity index (χ2v) is 10.3. The lowest BCUT2D eigenvalue weighted by Crippen LogP contribution is -2.51. The fourth-order valence-electron chi connectivity index (χ4n) is 3.73. The molecule has 2 heterocycles. The fourth-order valence-corrected chi connectivity index (χ4v) is 5.72. The largest absolute Gasteiger partial charge is 0.451 e. The molecule has 1 amide bonds. The molecule has 1 aliphatic heterocycles. The third-order valence-corrected chi connectivity index (χ3v) is 7.82. The minimum atomic E-state index is -3.25. The topological polar surface area (TPSA) is 84.0 Å². The summed E-state index contributed by atoms with van der Waals surface area (Å²) in [5.41, 5.74) is 3.59. The summed E-state index contributed by atoms with van der Waals surface area (Å²) < 4.78 is 29.7. The number of nitrogens with zero attached hydrogens (tertiary/aromatic N) is 2. The molecule has 0 unspecified atom stereocenters. The van der Waals surface area contributed by atoms with Gasteiger partial charge in [-0.15, -0.1) is 11.3 Å². The van der Waals surface area contributed by atoms with E-state index in [-0.39, 0.29) is 25.6 Å². The van der Waals surface area contributed by atoms with Crippen molar-refractivity contribution in [3.8, 4) is 10.4 Å². The zero-order valence-electron chi connectivity index (χ0n) is 16.1. The molecule has 0 N–H and O–H groups in total. The Labute approximate surface area is 173 Å². The van der Waals surface area contributed by atoms with Crippen LogP contribution in [0.15, 0.2) is 30.3 Å². The number of benzene rings is 1. The van der Waals surface area contributed by atoms with E-state index in [4.69, 9.17) is 4.74 Å². The van der Waals surface area contributed by atoms with Crippen LogP contribution in [0.4, 0.5) is 0 Å². The van der Waals surface area contributed by atoms with Crippen LogP contribution in [0.1, 0.15) is 20.8 Å². The van der Waals surface area contributed by atoms with Gasteiger partial charge in [-0.2, -0.15) is 4.31 Å². The molecule has 1 saturated heterocycles. The summed E-state index contributed by atoms with van der Waals surface area (Å²) in [6, 6.07) is 10.1. The molecule has 4 rings (SSSR count). The second kappa shape index (κ2) is 7.89. The van der Waals surface area contributed by atoms with Crippen molar-refractivity contribution in [2.75, 3.05) is 39.0 Å². The molecule has 0 radical (unpaired) electrons. The van der Waals surface area contributed by atoms with Gasteiger partial charge in [0.1, 0.15) is 4.88 Å². The van der Waals surface area contributed by atoms with Gasteiger partial charge in [0, 0.05) is 31.1 Å². The Morgan fingerprint density at radius 1 is 1.07 bits per heavy atom. The van der Waals surface area contributed by atoms with Crippen LogP contribution in [0, 0.1) is 0 Å². The van der Waals surface area contributed by atoms with E-state index in [1.165, 1.54) is 26.1 Å². The standard InChI is InChI=1S/C20H22N2O5S2/c1-29(25,26)22-10-8-21(9-11-22)18(23)13-27-20(24)17-12-15-7-6-14-4-2-3-5-16(14)19(15)28-17/h2-5,12H,6-11,13H2,1H3. The first-order chi connectivity index (χ1) is 13.8. The number of amides is 1. The van der Waals surface area contributed by atoms with Gasteiger partial charge in [0.15, 0.2) is 6.61 Å². The van der Waals surface area contributed by atoms with Crippen molar-refractivity contribution in [2.24, 2.45) is 0 Å². The van der Waals surface area contributed by atoms with Gasteiger partial charge in [0.2, 0.25) is 10.0 Å². The van der Waals surface area contributed by atoms with E-state index in [1.807, 2.05) is 18.2 Å². The highest BCUT2D eigenvalue weighted by atomic mass is 32.2. The quantitative estimate of drug-likeness (QED) is 0.685. The van der Waals surface area contributed by atoms with Gasteiger partial charge in [-0.05, 0) is 35.6 Å². The minimum absolute atomic E-state index is 0.259. The highest BCUT2D eigenvalue weighted by Crippen LogP contribution is 2.39. The summed E-state index contributed by atoms with van der Waals surface area (Å²) in [4.78, 5) is 27.9. The zero-order chi connectivity index (χ0) is 20.6. The van der Waals surface area contributed by atoms with Gasteiger partial charge in [-0.1, -0.05) is 24.3 Å². The van der Waals surface area contributed by atoms with E-state index >= 15 is 0 Å². The maximum atomic E-state index is 12.5. The first kappa shape index (κ1) is 20.1. The van der Waals surface area contributed by atoms with Crippen molar-refractivity contribution in [3.63, 3.8) is 0 Å². The molecule has 1 aromatic heterocycles. The van der Waals surface area contributed by atoms with Crippen LogP contribution in [-0.2, 0) is 32.4 Å². The number of hydrogen-bond donors (Lipinski definition) is 0. The first-order valence-corrected chi connectivity index (χ1v) is 12.1. The van der Waals surface area contributed by atoms with E-state index in [1.54, 1.807) is 0 Å². The number of hydrogen-bond acceptors (Lipinski definition) is 6. The molecular formula is C20H22N2O5S2. The monoisotopic (exact) mass is 434 g/mol. The van der Waals surface area contributed by atoms with E-state index in [0.717, 1.165) is 35.1 Å². The maximum absolute atomic E-state index is 12.5. The lowest BCUT2D eigenvalue weighted by Gasteiger charge is -2.33. The fraction of sp³-hybridized carbons (Fsp3) is 0.400. The molecule has 1 aliphatic carbocycles. The molecule has 154 valence electrons. The molecule has 2 aromatic rings. The highest BCUT2D eigenvalue weighted by molar-refractivity contribution is 7.88. The number of carbonyl (C=O) groups excluding carboxylic acids is 2. The van der Waals surface area contributed by atoms with Crippen molar-refractivity contribution in [1.29, 1.82) is 0 Å². The summed E-state index contributed by atoms with van der Waals surface area (Å²) in [6.45, 7) is 0.781. The maximum Gasteiger partial charge on any atom is 0.348 e. The number of sulfonamides is 1.